The van der Waals surface area contributed by atoms with Crippen LogP contribution in [0.3, 0.4) is 0 Å². The molecular formula is C31H28O5. The molecule has 1 fully saturated rings. The second-order valence-corrected chi connectivity index (χ2v) is 9.77. The lowest BCUT2D eigenvalue weighted by Crippen LogP contribution is -2.11. The van der Waals surface area contributed by atoms with E-state index in [9.17, 15) is 9.59 Å². The zero-order chi connectivity index (χ0) is 24.5. The van der Waals surface area contributed by atoms with Gasteiger partial charge in [-0.3, -0.25) is 0 Å². The van der Waals surface area contributed by atoms with Crippen LogP contribution in [0.25, 0.3) is 11.1 Å². The van der Waals surface area contributed by atoms with Crippen LogP contribution in [0.2, 0.25) is 0 Å². The van der Waals surface area contributed by atoms with E-state index < -0.39 is 11.9 Å². The van der Waals surface area contributed by atoms with Gasteiger partial charge in [-0.1, -0.05) is 67.4 Å². The Morgan fingerprint density at radius 3 is 1.94 bits per heavy atom. The number of aryl methyl sites for hydroxylation is 1. The monoisotopic (exact) mass is 480 g/mol. The van der Waals surface area contributed by atoms with Crippen molar-refractivity contribution in [3.8, 4) is 11.5 Å². The van der Waals surface area contributed by atoms with Crippen molar-refractivity contribution in [3.05, 3.63) is 93.9 Å². The van der Waals surface area contributed by atoms with E-state index in [2.05, 4.69) is 12.1 Å². The minimum Gasteiger partial charge on any atom is -0.422 e. The van der Waals surface area contributed by atoms with Gasteiger partial charge in [-0.05, 0) is 60.4 Å². The van der Waals surface area contributed by atoms with Crippen molar-refractivity contribution >= 4 is 23.1 Å². The van der Waals surface area contributed by atoms with Crippen molar-refractivity contribution in [1.29, 1.82) is 0 Å². The smallest absolute Gasteiger partial charge is 0.344 e. The van der Waals surface area contributed by atoms with E-state index >= 15 is 0 Å². The first-order valence-corrected chi connectivity index (χ1v) is 12.8. The number of ether oxygens (including phenoxy) is 3. The fraction of sp³-hybridized carbons (Fsp3) is 0.290. The summed E-state index contributed by atoms with van der Waals surface area (Å²) in [4.78, 5) is 25.4. The van der Waals surface area contributed by atoms with E-state index in [1.807, 2.05) is 42.5 Å². The summed E-state index contributed by atoms with van der Waals surface area (Å²) in [6.07, 6.45) is 7.22. The van der Waals surface area contributed by atoms with Gasteiger partial charge in [-0.15, -0.1) is 0 Å². The summed E-state index contributed by atoms with van der Waals surface area (Å²) < 4.78 is 17.1. The van der Waals surface area contributed by atoms with E-state index in [1.54, 1.807) is 12.1 Å². The number of carbonyl (C=O) groups is 2. The summed E-state index contributed by atoms with van der Waals surface area (Å²) in [6.45, 7) is 1.67. The average molecular weight is 481 g/mol. The third kappa shape index (κ3) is 4.35. The van der Waals surface area contributed by atoms with Gasteiger partial charge in [0.05, 0.1) is 11.1 Å². The molecule has 0 aromatic heterocycles. The molecule has 0 amide bonds. The molecule has 182 valence electrons. The molecule has 2 heterocycles. The van der Waals surface area contributed by atoms with Crippen molar-refractivity contribution in [2.24, 2.45) is 5.92 Å². The van der Waals surface area contributed by atoms with Crippen LogP contribution in [0.5, 0.6) is 11.5 Å². The Hall–Kier alpha value is -3.70. The van der Waals surface area contributed by atoms with Gasteiger partial charge in [-0.2, -0.15) is 0 Å². The SMILES string of the molecule is O=C1Oc2cc3c(cc2=C1c1ccccc1)OC(=O)C=3c1ccc(CCCOCC2CCCC2)cc1. The van der Waals surface area contributed by atoms with Gasteiger partial charge in [0.2, 0.25) is 0 Å². The average Bonchev–Trinajstić information content (AvgIpc) is 3.60. The predicted octanol–water partition coefficient (Wildman–Crippen LogP) is 4.06. The highest BCUT2D eigenvalue weighted by Gasteiger charge is 2.30. The number of rotatable bonds is 8. The van der Waals surface area contributed by atoms with Crippen molar-refractivity contribution in [2.75, 3.05) is 13.2 Å². The van der Waals surface area contributed by atoms with Crippen molar-refractivity contribution in [3.63, 3.8) is 0 Å². The van der Waals surface area contributed by atoms with E-state index in [-0.39, 0.29) is 0 Å². The van der Waals surface area contributed by atoms with Crippen molar-refractivity contribution in [1.82, 2.24) is 0 Å². The fourth-order valence-corrected chi connectivity index (χ4v) is 5.44. The molecule has 0 bridgehead atoms. The maximum absolute atomic E-state index is 12.8. The third-order valence-electron chi connectivity index (χ3n) is 7.32. The Kier molecular flexibility index (Phi) is 6.16. The molecule has 2 aliphatic heterocycles. The highest BCUT2D eigenvalue weighted by molar-refractivity contribution is 6.21. The molecule has 1 saturated carbocycles. The summed E-state index contributed by atoms with van der Waals surface area (Å²) in [5.41, 5.74) is 3.74. The van der Waals surface area contributed by atoms with E-state index in [4.69, 9.17) is 14.2 Å². The molecule has 0 N–H and O–H groups in total. The van der Waals surface area contributed by atoms with E-state index in [0.717, 1.165) is 43.1 Å². The summed E-state index contributed by atoms with van der Waals surface area (Å²) >= 11 is 0. The molecule has 3 aromatic rings. The first-order chi connectivity index (χ1) is 17.7. The Labute approximate surface area is 210 Å². The zero-order valence-electron chi connectivity index (χ0n) is 20.1. The largest absolute Gasteiger partial charge is 0.422 e. The Balaban J connectivity index is 1.22. The molecule has 36 heavy (non-hydrogen) atoms. The van der Waals surface area contributed by atoms with Gasteiger partial charge < -0.3 is 14.2 Å². The lowest BCUT2D eigenvalue weighted by atomic mass is 10.00. The van der Waals surface area contributed by atoms with Gasteiger partial charge in [0.1, 0.15) is 11.5 Å². The summed E-state index contributed by atoms with van der Waals surface area (Å²) in [7, 11) is 0. The Bertz CT molecular complexity index is 1430. The van der Waals surface area contributed by atoms with Crippen LogP contribution in [0, 0.1) is 5.92 Å². The fourth-order valence-electron chi connectivity index (χ4n) is 5.44. The van der Waals surface area contributed by atoms with E-state index in [1.165, 1.54) is 31.2 Å². The van der Waals surface area contributed by atoms with Gasteiger partial charge in [0.15, 0.2) is 0 Å². The van der Waals surface area contributed by atoms with Gasteiger partial charge in [0, 0.05) is 23.7 Å². The molecule has 5 nitrogen and oxygen atoms in total. The second-order valence-electron chi connectivity index (χ2n) is 9.77. The molecule has 3 aliphatic rings. The lowest BCUT2D eigenvalue weighted by molar-refractivity contribution is -0.128. The first-order valence-electron chi connectivity index (χ1n) is 12.8. The first kappa shape index (κ1) is 22.7. The number of hydrogen-bond donors (Lipinski definition) is 0. The molecule has 6 rings (SSSR count). The quantitative estimate of drug-likeness (QED) is 0.276. The van der Waals surface area contributed by atoms with Crippen LogP contribution < -0.4 is 19.9 Å². The lowest BCUT2D eigenvalue weighted by Gasteiger charge is -2.10. The summed E-state index contributed by atoms with van der Waals surface area (Å²) in [5.74, 6) is 0.855. The molecule has 0 unspecified atom stereocenters. The second kappa shape index (κ2) is 9.75. The van der Waals surface area contributed by atoms with Crippen LogP contribution in [0.4, 0.5) is 0 Å². The van der Waals surface area contributed by atoms with Crippen LogP contribution >= 0.6 is 0 Å². The van der Waals surface area contributed by atoms with Gasteiger partial charge in [-0.25, -0.2) is 9.59 Å². The molecule has 0 radical (unpaired) electrons. The molecule has 0 atom stereocenters. The Morgan fingerprint density at radius 2 is 1.33 bits per heavy atom. The molecule has 0 spiro atoms. The topological polar surface area (TPSA) is 61.8 Å². The van der Waals surface area contributed by atoms with Crippen LogP contribution in [0.15, 0.2) is 66.7 Å². The molecular weight excluding hydrogens is 452 g/mol. The minimum absolute atomic E-state index is 0.394. The standard InChI is InChI=1S/C31H28O5/c32-30-28(22-10-2-1-3-11-22)24-17-27-25(18-26(24)35-30)29(31(33)36-27)23-14-12-20(13-15-23)9-6-16-34-19-21-7-4-5-8-21/h1-3,10-15,17-18,21H,4-9,16,19H2. The minimum atomic E-state index is -0.399. The Morgan fingerprint density at radius 1 is 0.750 bits per heavy atom. The highest BCUT2D eigenvalue weighted by Crippen LogP contribution is 2.27. The number of benzene rings is 3. The van der Waals surface area contributed by atoms with Crippen LogP contribution in [0.1, 0.15) is 48.8 Å². The summed E-state index contributed by atoms with van der Waals surface area (Å²) in [6, 6.07) is 20.9. The number of esters is 2. The third-order valence-corrected chi connectivity index (χ3v) is 7.32. The molecule has 3 aromatic carbocycles. The van der Waals surface area contributed by atoms with Crippen LogP contribution in [-0.4, -0.2) is 25.2 Å². The van der Waals surface area contributed by atoms with E-state index in [0.29, 0.717) is 33.1 Å². The number of hydrogen-bond acceptors (Lipinski definition) is 5. The maximum atomic E-state index is 12.8. The predicted molar refractivity (Wildman–Crippen MR) is 136 cm³/mol. The van der Waals surface area contributed by atoms with Gasteiger partial charge >= 0.3 is 11.9 Å². The number of fused-ring (bicyclic) bond motifs is 2. The summed E-state index contributed by atoms with van der Waals surface area (Å²) in [5, 5.41) is 1.29. The molecule has 1 aliphatic carbocycles. The highest BCUT2D eigenvalue weighted by atomic mass is 16.5. The normalized spacial score (nSPS) is 16.8. The zero-order valence-corrected chi connectivity index (χ0v) is 20.1. The maximum Gasteiger partial charge on any atom is 0.344 e. The van der Waals surface area contributed by atoms with Crippen molar-refractivity contribution < 1.29 is 23.8 Å². The molecule has 0 saturated heterocycles. The van der Waals surface area contributed by atoms with Gasteiger partial charge in [0.25, 0.3) is 0 Å². The van der Waals surface area contributed by atoms with Crippen molar-refractivity contribution in [2.45, 2.75) is 38.5 Å². The van der Waals surface area contributed by atoms with Crippen LogP contribution in [-0.2, 0) is 20.7 Å². The molecule has 5 heteroatoms. The number of carbonyl (C=O) groups excluding carboxylic acids is 2.